The minimum atomic E-state index is -3.83. The van der Waals surface area contributed by atoms with Crippen LogP contribution in [0.15, 0.2) is 46.1 Å². The third-order valence-electron chi connectivity index (χ3n) is 3.59. The molecule has 2 aromatic carbocycles. The normalized spacial score (nSPS) is 11.5. The van der Waals surface area contributed by atoms with Crippen molar-refractivity contribution in [3.8, 4) is 11.5 Å². The van der Waals surface area contributed by atoms with Crippen LogP contribution in [0.4, 0.5) is 5.69 Å². The molecule has 0 radical (unpaired) electrons. The van der Waals surface area contributed by atoms with E-state index in [4.69, 9.17) is 9.47 Å². The number of benzene rings is 2. The van der Waals surface area contributed by atoms with Crippen LogP contribution in [-0.4, -0.2) is 31.6 Å². The highest BCUT2D eigenvalue weighted by Gasteiger charge is 2.17. The van der Waals surface area contributed by atoms with Gasteiger partial charge in [-0.25, -0.2) is 13.2 Å². The average molecular weight is 377 g/mol. The number of sulfonamides is 1. The number of aromatic amines is 2. The van der Waals surface area contributed by atoms with Gasteiger partial charge in [-0.3, -0.25) is 4.72 Å². The molecule has 1 aromatic heterocycles. The van der Waals surface area contributed by atoms with Crippen molar-refractivity contribution in [1.29, 1.82) is 0 Å². The molecule has 3 aromatic rings. The number of fused-ring (bicyclic) bond motifs is 1. The maximum atomic E-state index is 12.6. The number of anilines is 1. The Balaban J connectivity index is 1.92. The molecule has 0 amide bonds. The summed E-state index contributed by atoms with van der Waals surface area (Å²) in [6.45, 7) is 4.58. The van der Waals surface area contributed by atoms with Gasteiger partial charge >= 0.3 is 5.69 Å². The summed E-state index contributed by atoms with van der Waals surface area (Å²) < 4.78 is 38.8. The minimum Gasteiger partial charge on any atom is -0.490 e. The van der Waals surface area contributed by atoms with E-state index in [1.807, 2.05) is 13.8 Å². The lowest BCUT2D eigenvalue weighted by atomic mass is 10.3. The van der Waals surface area contributed by atoms with E-state index in [0.29, 0.717) is 41.4 Å². The van der Waals surface area contributed by atoms with Gasteiger partial charge in [0.2, 0.25) is 0 Å². The van der Waals surface area contributed by atoms with Crippen molar-refractivity contribution in [3.05, 3.63) is 46.9 Å². The number of rotatable bonds is 7. The first kappa shape index (κ1) is 17.9. The number of aromatic nitrogens is 2. The van der Waals surface area contributed by atoms with Crippen LogP contribution in [0.3, 0.4) is 0 Å². The van der Waals surface area contributed by atoms with E-state index in [1.54, 1.807) is 18.2 Å². The van der Waals surface area contributed by atoms with Gasteiger partial charge in [0.05, 0.1) is 34.8 Å². The minimum absolute atomic E-state index is 0.0343. The van der Waals surface area contributed by atoms with Crippen molar-refractivity contribution in [2.24, 2.45) is 0 Å². The van der Waals surface area contributed by atoms with Gasteiger partial charge < -0.3 is 19.4 Å². The lowest BCUT2D eigenvalue weighted by molar-refractivity contribution is 0.288. The summed E-state index contributed by atoms with van der Waals surface area (Å²) in [5.41, 5.74) is 0.906. The van der Waals surface area contributed by atoms with E-state index in [2.05, 4.69) is 14.7 Å². The molecule has 138 valence electrons. The zero-order valence-electron chi connectivity index (χ0n) is 14.3. The maximum absolute atomic E-state index is 12.6. The van der Waals surface area contributed by atoms with Gasteiger partial charge in [-0.2, -0.15) is 0 Å². The van der Waals surface area contributed by atoms with Gasteiger partial charge in [0, 0.05) is 6.07 Å². The van der Waals surface area contributed by atoms with E-state index in [9.17, 15) is 13.2 Å². The second-order valence-electron chi connectivity index (χ2n) is 5.42. The number of ether oxygens (including phenoxy) is 2. The molecular formula is C17H19N3O5S. The SMILES string of the molecule is CCOc1ccc(NS(=O)(=O)c2ccc3[nH]c(=O)[nH]c3c2)cc1OCC. The molecule has 0 bridgehead atoms. The van der Waals surface area contributed by atoms with Gasteiger partial charge in [-0.05, 0) is 44.2 Å². The Kier molecular flexibility index (Phi) is 4.90. The molecule has 1 heterocycles. The highest BCUT2D eigenvalue weighted by atomic mass is 32.2. The summed E-state index contributed by atoms with van der Waals surface area (Å²) in [7, 11) is -3.83. The van der Waals surface area contributed by atoms with Crippen molar-refractivity contribution in [1.82, 2.24) is 9.97 Å². The molecule has 0 saturated carbocycles. The molecule has 0 saturated heterocycles. The van der Waals surface area contributed by atoms with Crippen LogP contribution in [0.5, 0.6) is 11.5 Å². The summed E-state index contributed by atoms with van der Waals surface area (Å²) in [6.07, 6.45) is 0. The fourth-order valence-corrected chi connectivity index (χ4v) is 3.58. The predicted octanol–water partition coefficient (Wildman–Crippen LogP) is 2.45. The van der Waals surface area contributed by atoms with Crippen molar-refractivity contribution in [2.45, 2.75) is 18.7 Å². The fourth-order valence-electron chi connectivity index (χ4n) is 2.51. The molecule has 9 heteroatoms. The third kappa shape index (κ3) is 3.67. The topological polar surface area (TPSA) is 113 Å². The highest BCUT2D eigenvalue weighted by molar-refractivity contribution is 7.92. The summed E-state index contributed by atoms with van der Waals surface area (Å²) in [5.74, 6) is 1.00. The van der Waals surface area contributed by atoms with Crippen molar-refractivity contribution in [3.63, 3.8) is 0 Å². The molecule has 0 aliphatic carbocycles. The first-order valence-corrected chi connectivity index (χ1v) is 9.55. The van der Waals surface area contributed by atoms with Gasteiger partial charge in [-0.15, -0.1) is 0 Å². The van der Waals surface area contributed by atoms with E-state index in [-0.39, 0.29) is 4.90 Å². The number of hydrogen-bond donors (Lipinski definition) is 3. The summed E-state index contributed by atoms with van der Waals surface area (Å²) in [6, 6.07) is 9.18. The largest absolute Gasteiger partial charge is 0.490 e. The fraction of sp³-hybridized carbons (Fsp3) is 0.235. The van der Waals surface area contributed by atoms with Crippen LogP contribution in [0.25, 0.3) is 11.0 Å². The van der Waals surface area contributed by atoms with Crippen molar-refractivity contribution < 1.29 is 17.9 Å². The van der Waals surface area contributed by atoms with Gasteiger partial charge in [0.15, 0.2) is 11.5 Å². The Morgan fingerprint density at radius 3 is 2.35 bits per heavy atom. The van der Waals surface area contributed by atoms with Crippen molar-refractivity contribution >= 4 is 26.7 Å². The average Bonchev–Trinajstić information content (AvgIpc) is 2.96. The summed E-state index contributed by atoms with van der Waals surface area (Å²) >= 11 is 0. The number of imidazole rings is 1. The van der Waals surface area contributed by atoms with Crippen LogP contribution in [0.1, 0.15) is 13.8 Å². The number of H-pyrrole nitrogens is 2. The molecule has 3 N–H and O–H groups in total. The molecule has 0 unspecified atom stereocenters. The molecule has 0 atom stereocenters. The second kappa shape index (κ2) is 7.12. The van der Waals surface area contributed by atoms with Crippen LogP contribution in [0, 0.1) is 0 Å². The lowest BCUT2D eigenvalue weighted by Crippen LogP contribution is -2.13. The number of nitrogens with one attached hydrogen (secondary N) is 3. The van der Waals surface area contributed by atoms with Crippen LogP contribution < -0.4 is 19.9 Å². The third-order valence-corrected chi connectivity index (χ3v) is 4.97. The molecule has 3 rings (SSSR count). The number of hydrogen-bond acceptors (Lipinski definition) is 5. The van der Waals surface area contributed by atoms with E-state index >= 15 is 0 Å². The summed E-state index contributed by atoms with van der Waals surface area (Å²) in [5, 5.41) is 0. The van der Waals surface area contributed by atoms with Gasteiger partial charge in [0.1, 0.15) is 0 Å². The monoisotopic (exact) mass is 377 g/mol. The first-order valence-electron chi connectivity index (χ1n) is 8.07. The van der Waals surface area contributed by atoms with Gasteiger partial charge in [0.25, 0.3) is 10.0 Å². The quantitative estimate of drug-likeness (QED) is 0.585. The standard InChI is InChI=1S/C17H19N3O5S/c1-3-24-15-8-5-11(9-16(15)25-4-2)20-26(22,23)12-6-7-13-14(10-12)19-17(21)18-13/h5-10,20H,3-4H2,1-2H3,(H2,18,19,21). The summed E-state index contributed by atoms with van der Waals surface area (Å²) in [4.78, 5) is 16.5. The molecule has 0 spiro atoms. The second-order valence-corrected chi connectivity index (χ2v) is 7.10. The Hall–Kier alpha value is -2.94. The van der Waals surface area contributed by atoms with E-state index < -0.39 is 15.7 Å². The zero-order chi connectivity index (χ0) is 18.7. The Labute approximate surface area is 150 Å². The zero-order valence-corrected chi connectivity index (χ0v) is 15.1. The highest BCUT2D eigenvalue weighted by Crippen LogP contribution is 2.31. The Morgan fingerprint density at radius 2 is 1.62 bits per heavy atom. The Morgan fingerprint density at radius 1 is 0.923 bits per heavy atom. The van der Waals surface area contributed by atoms with Crippen LogP contribution in [0.2, 0.25) is 0 Å². The molecule has 8 nitrogen and oxygen atoms in total. The molecule has 26 heavy (non-hydrogen) atoms. The van der Waals surface area contributed by atoms with E-state index in [1.165, 1.54) is 18.2 Å². The predicted molar refractivity (Wildman–Crippen MR) is 98.5 cm³/mol. The van der Waals surface area contributed by atoms with E-state index in [0.717, 1.165) is 0 Å². The first-order chi connectivity index (χ1) is 12.4. The molecular weight excluding hydrogens is 358 g/mol. The van der Waals surface area contributed by atoms with Crippen LogP contribution in [-0.2, 0) is 10.0 Å². The molecule has 0 aliphatic rings. The molecule has 0 fully saturated rings. The van der Waals surface area contributed by atoms with Crippen LogP contribution >= 0.6 is 0 Å². The van der Waals surface area contributed by atoms with Crippen molar-refractivity contribution in [2.75, 3.05) is 17.9 Å². The molecule has 0 aliphatic heterocycles. The maximum Gasteiger partial charge on any atom is 0.323 e. The lowest BCUT2D eigenvalue weighted by Gasteiger charge is -2.13. The van der Waals surface area contributed by atoms with Gasteiger partial charge in [-0.1, -0.05) is 0 Å². The smallest absolute Gasteiger partial charge is 0.323 e. The Bertz CT molecular complexity index is 1090.